The van der Waals surface area contributed by atoms with Crippen molar-refractivity contribution in [3.8, 4) is 11.5 Å². The van der Waals surface area contributed by atoms with Gasteiger partial charge in [-0.2, -0.15) is 4.99 Å². The minimum absolute atomic E-state index is 0.136. The predicted octanol–water partition coefficient (Wildman–Crippen LogP) is 4.10. The van der Waals surface area contributed by atoms with Crippen LogP contribution in [0.3, 0.4) is 0 Å². The summed E-state index contributed by atoms with van der Waals surface area (Å²) in [7, 11) is 3.28. The minimum atomic E-state index is -0.136. The van der Waals surface area contributed by atoms with Gasteiger partial charge in [-0.3, -0.25) is 4.79 Å². The van der Waals surface area contributed by atoms with Crippen molar-refractivity contribution in [2.24, 2.45) is 4.99 Å². The summed E-state index contributed by atoms with van der Waals surface area (Å²) in [5, 5.41) is 0. The van der Waals surface area contributed by atoms with Gasteiger partial charge in [-0.05, 0) is 24.6 Å². The van der Waals surface area contributed by atoms with Crippen LogP contribution >= 0.6 is 23.1 Å². The summed E-state index contributed by atoms with van der Waals surface area (Å²) in [6.45, 7) is 2.71. The first kappa shape index (κ1) is 19.5. The number of carbonyl (C=O) groups is 1. The zero-order valence-electron chi connectivity index (χ0n) is 15.6. The number of hydrogen-bond donors (Lipinski definition) is 0. The maximum atomic E-state index is 12.4. The number of methoxy groups -OCH3 is 2. The first-order chi connectivity index (χ1) is 13.2. The Bertz CT molecular complexity index is 994. The lowest BCUT2D eigenvalue weighted by Crippen LogP contribution is -2.16. The first-order valence-electron chi connectivity index (χ1n) is 8.61. The number of fused-ring (bicyclic) bond motifs is 1. The fourth-order valence-electron chi connectivity index (χ4n) is 2.80. The minimum Gasteiger partial charge on any atom is -0.495 e. The molecule has 1 amide bonds. The molecule has 0 spiro atoms. The van der Waals surface area contributed by atoms with Gasteiger partial charge in [-0.25, -0.2) is 0 Å². The summed E-state index contributed by atoms with van der Waals surface area (Å²) in [6.07, 6.45) is 0. The van der Waals surface area contributed by atoms with E-state index in [2.05, 4.69) is 17.1 Å². The Morgan fingerprint density at radius 2 is 1.81 bits per heavy atom. The Hall–Kier alpha value is -2.25. The number of aryl methyl sites for hydroxylation is 1. The van der Waals surface area contributed by atoms with Crippen molar-refractivity contribution in [1.82, 2.24) is 4.57 Å². The third kappa shape index (κ3) is 4.36. The summed E-state index contributed by atoms with van der Waals surface area (Å²) in [6, 6.07) is 13.9. The highest BCUT2D eigenvalue weighted by Gasteiger charge is 2.15. The topological polar surface area (TPSA) is 52.8 Å². The van der Waals surface area contributed by atoms with E-state index in [0.29, 0.717) is 17.1 Å². The average Bonchev–Trinajstić information content (AvgIpc) is 3.06. The van der Waals surface area contributed by atoms with Crippen LogP contribution in [0.5, 0.6) is 11.5 Å². The standard InChI is InChI=1S/C20H22N2O3S2/c1-4-22-18-15(24-2)10-11-16(25-3)19(18)27-20(22)21-17(23)13-26-12-14-8-6-5-7-9-14/h5-11H,4,12-13H2,1-3H3. The molecule has 0 aliphatic carbocycles. The fourth-order valence-corrected chi connectivity index (χ4v) is 4.79. The number of benzene rings is 2. The molecule has 0 saturated carbocycles. The Balaban J connectivity index is 1.87. The molecule has 27 heavy (non-hydrogen) atoms. The van der Waals surface area contributed by atoms with Crippen LogP contribution in [-0.2, 0) is 17.1 Å². The van der Waals surface area contributed by atoms with Crippen LogP contribution in [0.25, 0.3) is 10.2 Å². The van der Waals surface area contributed by atoms with Crippen molar-refractivity contribution in [3.63, 3.8) is 0 Å². The number of carbonyl (C=O) groups excluding carboxylic acids is 1. The molecule has 0 radical (unpaired) electrons. The molecule has 0 unspecified atom stereocenters. The number of ether oxygens (including phenoxy) is 2. The number of hydrogen-bond acceptors (Lipinski definition) is 5. The summed E-state index contributed by atoms with van der Waals surface area (Å²) < 4.78 is 13.9. The van der Waals surface area contributed by atoms with Crippen molar-refractivity contribution in [2.45, 2.75) is 19.2 Å². The summed E-state index contributed by atoms with van der Waals surface area (Å²) >= 11 is 3.02. The molecule has 0 fully saturated rings. The second kappa shape index (κ2) is 9.10. The van der Waals surface area contributed by atoms with E-state index in [4.69, 9.17) is 9.47 Å². The third-order valence-corrected chi connectivity index (χ3v) is 6.15. The van der Waals surface area contributed by atoms with E-state index in [0.717, 1.165) is 27.5 Å². The van der Waals surface area contributed by atoms with E-state index in [1.54, 1.807) is 26.0 Å². The van der Waals surface area contributed by atoms with Crippen LogP contribution in [0.2, 0.25) is 0 Å². The number of thioether (sulfide) groups is 1. The highest BCUT2D eigenvalue weighted by atomic mass is 32.2. The van der Waals surface area contributed by atoms with Crippen molar-refractivity contribution >= 4 is 39.2 Å². The Morgan fingerprint density at radius 3 is 2.48 bits per heavy atom. The number of thiazole rings is 1. The summed E-state index contributed by atoms with van der Waals surface area (Å²) in [5.74, 6) is 2.51. The zero-order chi connectivity index (χ0) is 19.2. The largest absolute Gasteiger partial charge is 0.495 e. The SMILES string of the molecule is CCn1c(=NC(=O)CSCc2ccccc2)sc2c(OC)ccc(OC)c21. The van der Waals surface area contributed by atoms with E-state index in [1.165, 1.54) is 16.9 Å². The molecule has 0 atom stereocenters. The average molecular weight is 403 g/mol. The van der Waals surface area contributed by atoms with Gasteiger partial charge in [0.15, 0.2) is 4.80 Å². The molecule has 142 valence electrons. The van der Waals surface area contributed by atoms with Gasteiger partial charge in [-0.1, -0.05) is 41.7 Å². The normalized spacial score (nSPS) is 11.7. The molecule has 5 nitrogen and oxygen atoms in total. The van der Waals surface area contributed by atoms with Crippen molar-refractivity contribution in [1.29, 1.82) is 0 Å². The van der Waals surface area contributed by atoms with Crippen LogP contribution in [0, 0.1) is 0 Å². The molecule has 3 rings (SSSR count). The molecule has 1 heterocycles. The van der Waals surface area contributed by atoms with Crippen LogP contribution in [0.1, 0.15) is 12.5 Å². The van der Waals surface area contributed by atoms with Gasteiger partial charge in [0.2, 0.25) is 0 Å². The molecule has 3 aromatic rings. The van der Waals surface area contributed by atoms with E-state index in [1.807, 2.05) is 41.8 Å². The molecule has 0 aliphatic heterocycles. The fraction of sp³-hybridized carbons (Fsp3) is 0.300. The van der Waals surface area contributed by atoms with Gasteiger partial charge < -0.3 is 14.0 Å². The maximum absolute atomic E-state index is 12.4. The van der Waals surface area contributed by atoms with Gasteiger partial charge in [0.25, 0.3) is 5.91 Å². The Labute approximate surface area is 166 Å². The molecular formula is C20H22N2O3S2. The van der Waals surface area contributed by atoms with Crippen LogP contribution in [0.4, 0.5) is 0 Å². The van der Waals surface area contributed by atoms with Crippen LogP contribution in [-0.4, -0.2) is 30.4 Å². The van der Waals surface area contributed by atoms with Gasteiger partial charge >= 0.3 is 0 Å². The lowest BCUT2D eigenvalue weighted by Gasteiger charge is -2.08. The van der Waals surface area contributed by atoms with Gasteiger partial charge in [0, 0.05) is 12.3 Å². The quantitative estimate of drug-likeness (QED) is 0.597. The van der Waals surface area contributed by atoms with Crippen molar-refractivity contribution in [3.05, 3.63) is 52.8 Å². The smallest absolute Gasteiger partial charge is 0.258 e. The first-order valence-corrected chi connectivity index (χ1v) is 10.6. The van der Waals surface area contributed by atoms with E-state index in [9.17, 15) is 4.79 Å². The number of rotatable bonds is 7. The molecule has 0 N–H and O–H groups in total. The van der Waals surface area contributed by atoms with Gasteiger partial charge in [-0.15, -0.1) is 11.8 Å². The van der Waals surface area contributed by atoms with Gasteiger partial charge in [0.05, 0.1) is 20.0 Å². The van der Waals surface area contributed by atoms with E-state index < -0.39 is 0 Å². The van der Waals surface area contributed by atoms with Crippen LogP contribution in [0.15, 0.2) is 47.5 Å². The second-order valence-electron chi connectivity index (χ2n) is 5.76. The van der Waals surface area contributed by atoms with Crippen LogP contribution < -0.4 is 14.3 Å². The predicted molar refractivity (Wildman–Crippen MR) is 112 cm³/mol. The number of amides is 1. The van der Waals surface area contributed by atoms with Crippen molar-refractivity contribution in [2.75, 3.05) is 20.0 Å². The summed E-state index contributed by atoms with van der Waals surface area (Å²) in [5.41, 5.74) is 2.11. The molecule has 0 saturated heterocycles. The van der Waals surface area contributed by atoms with Crippen molar-refractivity contribution < 1.29 is 14.3 Å². The number of nitrogens with zero attached hydrogens (tertiary/aromatic N) is 2. The van der Waals surface area contributed by atoms with E-state index in [-0.39, 0.29) is 5.91 Å². The lowest BCUT2D eigenvalue weighted by molar-refractivity contribution is -0.115. The molecule has 1 aromatic heterocycles. The number of aromatic nitrogens is 1. The maximum Gasteiger partial charge on any atom is 0.258 e. The summed E-state index contributed by atoms with van der Waals surface area (Å²) in [4.78, 5) is 17.4. The molecular weight excluding hydrogens is 380 g/mol. The Morgan fingerprint density at radius 1 is 1.11 bits per heavy atom. The van der Waals surface area contributed by atoms with Gasteiger partial charge in [0.1, 0.15) is 21.7 Å². The molecule has 2 aromatic carbocycles. The van der Waals surface area contributed by atoms with E-state index >= 15 is 0 Å². The lowest BCUT2D eigenvalue weighted by atomic mass is 10.2. The zero-order valence-corrected chi connectivity index (χ0v) is 17.2. The molecule has 0 aliphatic rings. The molecule has 7 heteroatoms. The highest BCUT2D eigenvalue weighted by Crippen LogP contribution is 2.35. The second-order valence-corrected chi connectivity index (χ2v) is 7.72. The molecule has 0 bridgehead atoms. The third-order valence-electron chi connectivity index (χ3n) is 4.07. The highest BCUT2D eigenvalue weighted by molar-refractivity contribution is 7.99. The Kier molecular flexibility index (Phi) is 6.58. The monoisotopic (exact) mass is 402 g/mol.